The van der Waals surface area contributed by atoms with Crippen molar-refractivity contribution in [3.8, 4) is 0 Å². The Bertz CT molecular complexity index is 1280. The fourth-order valence-corrected chi connectivity index (χ4v) is 4.29. The molecule has 4 heterocycles. The first-order valence-electron chi connectivity index (χ1n) is 11.4. The minimum absolute atomic E-state index is 0.0335. The molecule has 2 aromatic heterocycles. The smallest absolute Gasteiger partial charge is 0.335 e. The number of aliphatic hydroxyl groups is 3. The second kappa shape index (κ2) is 10.2. The minimum Gasteiger partial charge on any atom is -0.460 e. The Balaban J connectivity index is 1.42. The molecule has 3 N–H and O–H groups in total. The van der Waals surface area contributed by atoms with Crippen LogP contribution in [0.25, 0.3) is 11.2 Å². The zero-order valence-electron chi connectivity index (χ0n) is 19.5. The molecule has 4 rings (SSSR count). The number of hydrogen-bond acceptors (Lipinski definition) is 10. The van der Waals surface area contributed by atoms with Crippen LogP contribution < -0.4 is 11.2 Å². The van der Waals surface area contributed by atoms with Crippen LogP contribution in [0.5, 0.6) is 0 Å². The number of ether oxygens (including phenoxy) is 2. The monoisotopic (exact) mass is 491 g/mol. The molecule has 1 fully saturated rings. The Hall–Kier alpha value is -3.26. The summed E-state index contributed by atoms with van der Waals surface area (Å²) in [5.41, 5.74) is -0.196. The highest BCUT2D eigenvalue weighted by Crippen LogP contribution is 2.26. The van der Waals surface area contributed by atoms with E-state index >= 15 is 0 Å². The standard InChI is InChI=1S/C22H29N5O8/c1-3-6-26-12-23-18-15(26)19(31)27(22(33)24(18)2)8-9-34-21(32)13-5-4-7-25(10-13)20-17(30)16(29)14(11-28)35-20/h4-5,7,12,14,16-17,20,28-30H,3,6,8-11H2,1-2H3/t14-,16-,17-,20-/m1/s1. The van der Waals surface area contributed by atoms with Crippen LogP contribution in [0.3, 0.4) is 0 Å². The quantitative estimate of drug-likeness (QED) is 0.354. The molecule has 1 saturated heterocycles. The first-order chi connectivity index (χ1) is 16.8. The van der Waals surface area contributed by atoms with Crippen molar-refractivity contribution in [1.29, 1.82) is 0 Å². The fourth-order valence-electron chi connectivity index (χ4n) is 4.29. The van der Waals surface area contributed by atoms with Gasteiger partial charge in [-0.05, 0) is 18.6 Å². The van der Waals surface area contributed by atoms with Gasteiger partial charge in [0.1, 0.15) is 24.9 Å². The summed E-state index contributed by atoms with van der Waals surface area (Å²) in [5.74, 6) is -0.659. The zero-order valence-corrected chi connectivity index (χ0v) is 19.5. The van der Waals surface area contributed by atoms with Crippen molar-refractivity contribution in [2.75, 3.05) is 19.8 Å². The van der Waals surface area contributed by atoms with Gasteiger partial charge in [-0.1, -0.05) is 6.92 Å². The van der Waals surface area contributed by atoms with Crippen LogP contribution in [0.2, 0.25) is 0 Å². The van der Waals surface area contributed by atoms with Gasteiger partial charge in [-0.25, -0.2) is 14.6 Å². The van der Waals surface area contributed by atoms with Crippen molar-refractivity contribution >= 4 is 17.1 Å². The molecule has 0 radical (unpaired) electrons. The number of esters is 1. The Morgan fingerprint density at radius 1 is 1.26 bits per heavy atom. The van der Waals surface area contributed by atoms with Crippen molar-refractivity contribution in [2.45, 2.75) is 51.0 Å². The highest BCUT2D eigenvalue weighted by molar-refractivity contribution is 5.89. The number of aryl methyl sites for hydroxylation is 2. The number of carbonyl (C=O) groups is 1. The normalized spacial score (nSPS) is 24.3. The summed E-state index contributed by atoms with van der Waals surface area (Å²) < 4.78 is 14.8. The summed E-state index contributed by atoms with van der Waals surface area (Å²) in [5, 5.41) is 29.5. The molecule has 35 heavy (non-hydrogen) atoms. The lowest BCUT2D eigenvalue weighted by molar-refractivity contribution is -0.140. The Morgan fingerprint density at radius 3 is 2.71 bits per heavy atom. The second-order valence-electron chi connectivity index (χ2n) is 8.48. The summed E-state index contributed by atoms with van der Waals surface area (Å²) in [6, 6.07) is 0. The molecule has 2 aliphatic heterocycles. The molecule has 2 aliphatic rings. The van der Waals surface area contributed by atoms with Gasteiger partial charge in [-0.3, -0.25) is 13.9 Å². The van der Waals surface area contributed by atoms with E-state index in [0.717, 1.165) is 11.0 Å². The maximum atomic E-state index is 13.0. The lowest BCUT2D eigenvalue weighted by atomic mass is 10.1. The van der Waals surface area contributed by atoms with Gasteiger partial charge in [0.05, 0.1) is 31.6 Å². The van der Waals surface area contributed by atoms with Gasteiger partial charge in [0.15, 0.2) is 17.4 Å². The van der Waals surface area contributed by atoms with Crippen LogP contribution in [0.1, 0.15) is 13.3 Å². The van der Waals surface area contributed by atoms with E-state index < -0.39 is 48.4 Å². The zero-order chi connectivity index (χ0) is 25.3. The Morgan fingerprint density at radius 2 is 2.03 bits per heavy atom. The van der Waals surface area contributed by atoms with Gasteiger partial charge in [0, 0.05) is 19.8 Å². The molecule has 2 aromatic rings. The topological polar surface area (TPSA) is 161 Å². The van der Waals surface area contributed by atoms with E-state index in [1.54, 1.807) is 22.9 Å². The van der Waals surface area contributed by atoms with Gasteiger partial charge in [-0.2, -0.15) is 0 Å². The maximum Gasteiger partial charge on any atom is 0.335 e. The number of aromatic nitrogens is 4. The third kappa shape index (κ3) is 4.55. The van der Waals surface area contributed by atoms with E-state index in [1.807, 2.05) is 6.92 Å². The van der Waals surface area contributed by atoms with E-state index in [4.69, 9.17) is 9.47 Å². The van der Waals surface area contributed by atoms with Gasteiger partial charge >= 0.3 is 11.7 Å². The predicted molar refractivity (Wildman–Crippen MR) is 122 cm³/mol. The summed E-state index contributed by atoms with van der Waals surface area (Å²) in [6.07, 6.45) is 2.61. The number of allylic oxidation sites excluding steroid dienone is 2. The molecule has 4 atom stereocenters. The van der Waals surface area contributed by atoms with Gasteiger partial charge in [-0.15, -0.1) is 0 Å². The van der Waals surface area contributed by atoms with Crippen molar-refractivity contribution in [3.63, 3.8) is 0 Å². The number of rotatable bonds is 8. The van der Waals surface area contributed by atoms with Gasteiger partial charge in [0.25, 0.3) is 5.56 Å². The maximum absolute atomic E-state index is 13.0. The van der Waals surface area contributed by atoms with Crippen LogP contribution in [-0.4, -0.2) is 89.2 Å². The fraction of sp³-hybridized carbons (Fsp3) is 0.545. The lowest BCUT2D eigenvalue weighted by Crippen LogP contribution is -2.43. The molecule has 13 heteroatoms. The molecular formula is C22H29N5O8. The second-order valence-corrected chi connectivity index (χ2v) is 8.48. The lowest BCUT2D eigenvalue weighted by Gasteiger charge is -2.31. The Kier molecular flexibility index (Phi) is 7.21. The number of fused-ring (bicyclic) bond motifs is 1. The molecule has 190 valence electrons. The molecule has 0 aromatic carbocycles. The van der Waals surface area contributed by atoms with Crippen LogP contribution in [-0.2, 0) is 34.4 Å². The van der Waals surface area contributed by atoms with Gasteiger partial charge < -0.3 is 34.3 Å². The van der Waals surface area contributed by atoms with E-state index in [2.05, 4.69) is 4.98 Å². The first-order valence-corrected chi connectivity index (χ1v) is 11.4. The van der Waals surface area contributed by atoms with Crippen LogP contribution >= 0.6 is 0 Å². The molecule has 0 bridgehead atoms. The van der Waals surface area contributed by atoms with Crippen LogP contribution in [0, 0.1) is 0 Å². The molecule has 0 aliphatic carbocycles. The summed E-state index contributed by atoms with van der Waals surface area (Å²) in [7, 11) is 1.53. The highest BCUT2D eigenvalue weighted by Gasteiger charge is 2.45. The number of imidazole rings is 1. The van der Waals surface area contributed by atoms with E-state index in [1.165, 1.54) is 22.8 Å². The summed E-state index contributed by atoms with van der Waals surface area (Å²) in [4.78, 5) is 44.0. The predicted octanol–water partition coefficient (Wildman–Crippen LogP) is -1.96. The molecule has 0 saturated carbocycles. The molecule has 0 amide bonds. The van der Waals surface area contributed by atoms with Crippen LogP contribution in [0.4, 0.5) is 0 Å². The Labute approximate surface area is 199 Å². The highest BCUT2D eigenvalue weighted by atomic mass is 16.6. The number of hydrogen-bond donors (Lipinski definition) is 3. The average molecular weight is 492 g/mol. The summed E-state index contributed by atoms with van der Waals surface area (Å²) >= 11 is 0. The van der Waals surface area contributed by atoms with E-state index in [-0.39, 0.29) is 25.3 Å². The third-order valence-corrected chi connectivity index (χ3v) is 6.15. The number of nitrogens with zero attached hydrogens (tertiary/aromatic N) is 5. The third-order valence-electron chi connectivity index (χ3n) is 6.15. The largest absolute Gasteiger partial charge is 0.460 e. The molecule has 0 unspecified atom stereocenters. The minimum atomic E-state index is -1.27. The van der Waals surface area contributed by atoms with Crippen molar-refractivity contribution < 1.29 is 29.6 Å². The average Bonchev–Trinajstić information content (AvgIpc) is 3.41. The van der Waals surface area contributed by atoms with Crippen molar-refractivity contribution in [1.82, 2.24) is 23.6 Å². The summed E-state index contributed by atoms with van der Waals surface area (Å²) in [6.45, 7) is 1.77. The van der Waals surface area contributed by atoms with E-state index in [0.29, 0.717) is 17.7 Å². The number of carbonyl (C=O) groups excluding carboxylic acids is 1. The van der Waals surface area contributed by atoms with Crippen molar-refractivity contribution in [2.24, 2.45) is 7.05 Å². The molecular weight excluding hydrogens is 462 g/mol. The van der Waals surface area contributed by atoms with Crippen molar-refractivity contribution in [3.05, 3.63) is 51.1 Å². The van der Waals surface area contributed by atoms with Gasteiger partial charge in [0.2, 0.25) is 0 Å². The van der Waals surface area contributed by atoms with Crippen LogP contribution in [0.15, 0.2) is 39.8 Å². The SMILES string of the molecule is CCCn1cnc2c1c(=O)n(CCOC(=O)C1=CC=CN([C@@H]3O[C@H](CO)[C@@H](O)[C@H]3O)C1)c(=O)n2C. The molecule has 0 spiro atoms. The van der Waals surface area contributed by atoms with E-state index in [9.17, 15) is 29.7 Å². The first kappa shape index (κ1) is 24.9. The molecule has 13 nitrogen and oxygen atoms in total. The number of aliphatic hydroxyl groups excluding tert-OH is 3.